The second-order valence-electron chi connectivity index (χ2n) is 4.70. The number of carbonyl (C=O) groups excluding carboxylic acids is 2. The first-order chi connectivity index (χ1) is 9.74. The summed E-state index contributed by atoms with van der Waals surface area (Å²) >= 11 is 0. The van der Waals surface area contributed by atoms with Crippen LogP contribution in [0.25, 0.3) is 0 Å². The SMILES string of the molecule is COC(=O)C1Cc2ccc(N)cc2CN1C(=O)C(F)(F)F. The monoisotopic (exact) mass is 302 g/mol. The minimum absolute atomic E-state index is 0.0376. The molecular weight excluding hydrogens is 289 g/mol. The summed E-state index contributed by atoms with van der Waals surface area (Å²) in [6.07, 6.45) is -5.09. The zero-order valence-electron chi connectivity index (χ0n) is 11.1. The predicted molar refractivity (Wildman–Crippen MR) is 67.0 cm³/mol. The highest BCUT2D eigenvalue weighted by Crippen LogP contribution is 2.29. The topological polar surface area (TPSA) is 72.6 Å². The number of nitrogen functional groups attached to an aromatic ring is 1. The number of hydrogen-bond donors (Lipinski definition) is 1. The van der Waals surface area contributed by atoms with Gasteiger partial charge in [-0.2, -0.15) is 13.2 Å². The van der Waals surface area contributed by atoms with Gasteiger partial charge < -0.3 is 15.4 Å². The van der Waals surface area contributed by atoms with Crippen molar-refractivity contribution in [3.63, 3.8) is 0 Å². The van der Waals surface area contributed by atoms with E-state index in [2.05, 4.69) is 4.74 Å². The van der Waals surface area contributed by atoms with Crippen LogP contribution in [-0.2, 0) is 27.3 Å². The van der Waals surface area contributed by atoms with Crippen LogP contribution in [0.4, 0.5) is 18.9 Å². The molecule has 0 saturated heterocycles. The molecular formula is C13H13F3N2O3. The lowest BCUT2D eigenvalue weighted by atomic mass is 9.93. The van der Waals surface area contributed by atoms with Crippen molar-refractivity contribution in [2.45, 2.75) is 25.2 Å². The molecule has 1 aliphatic heterocycles. The number of hydrogen-bond acceptors (Lipinski definition) is 4. The Bertz CT molecular complexity index is 587. The van der Waals surface area contributed by atoms with E-state index in [9.17, 15) is 22.8 Å². The van der Waals surface area contributed by atoms with E-state index in [4.69, 9.17) is 5.73 Å². The number of alkyl halides is 3. The molecule has 1 unspecified atom stereocenters. The second kappa shape index (κ2) is 5.27. The molecule has 1 amide bonds. The Hall–Kier alpha value is -2.25. The summed E-state index contributed by atoms with van der Waals surface area (Å²) in [5.41, 5.74) is 7.14. The van der Waals surface area contributed by atoms with Gasteiger partial charge >= 0.3 is 18.1 Å². The molecule has 0 fully saturated rings. The first kappa shape index (κ1) is 15.1. The Kier molecular flexibility index (Phi) is 3.80. The predicted octanol–water partition coefficient (Wildman–Crippen LogP) is 1.26. The zero-order chi connectivity index (χ0) is 15.8. The van der Waals surface area contributed by atoms with E-state index in [1.807, 2.05) is 0 Å². The van der Waals surface area contributed by atoms with Gasteiger partial charge in [0.1, 0.15) is 6.04 Å². The van der Waals surface area contributed by atoms with Crippen LogP contribution in [0, 0.1) is 0 Å². The van der Waals surface area contributed by atoms with E-state index in [0.29, 0.717) is 21.7 Å². The quantitative estimate of drug-likeness (QED) is 0.626. The third-order valence-corrected chi connectivity index (χ3v) is 3.34. The second-order valence-corrected chi connectivity index (χ2v) is 4.70. The van der Waals surface area contributed by atoms with Crippen molar-refractivity contribution in [1.82, 2.24) is 4.90 Å². The number of halogens is 3. The summed E-state index contributed by atoms with van der Waals surface area (Å²) in [6, 6.07) is 3.43. The van der Waals surface area contributed by atoms with E-state index < -0.39 is 24.1 Å². The molecule has 1 aliphatic rings. The Morgan fingerprint density at radius 3 is 2.57 bits per heavy atom. The van der Waals surface area contributed by atoms with Gasteiger partial charge in [0.2, 0.25) is 0 Å². The summed E-state index contributed by atoms with van der Waals surface area (Å²) < 4.78 is 42.5. The number of ether oxygens (including phenoxy) is 1. The molecule has 1 atom stereocenters. The first-order valence-corrected chi connectivity index (χ1v) is 6.07. The smallest absolute Gasteiger partial charge is 0.467 e. The number of esters is 1. The van der Waals surface area contributed by atoms with Gasteiger partial charge in [-0.1, -0.05) is 6.07 Å². The van der Waals surface area contributed by atoms with Gasteiger partial charge in [0.15, 0.2) is 0 Å². The highest BCUT2D eigenvalue weighted by Gasteiger charge is 2.47. The third kappa shape index (κ3) is 2.93. The number of methoxy groups -OCH3 is 1. The summed E-state index contributed by atoms with van der Waals surface area (Å²) in [5.74, 6) is -2.94. The molecule has 5 nitrogen and oxygen atoms in total. The number of fused-ring (bicyclic) bond motifs is 1. The maximum absolute atomic E-state index is 12.7. The van der Waals surface area contributed by atoms with Gasteiger partial charge in [-0.3, -0.25) is 4.79 Å². The Morgan fingerprint density at radius 1 is 1.33 bits per heavy atom. The summed E-state index contributed by atoms with van der Waals surface area (Å²) in [6.45, 7) is -0.335. The van der Waals surface area contributed by atoms with E-state index in [1.54, 1.807) is 12.1 Å². The van der Waals surface area contributed by atoms with Gasteiger partial charge in [0.25, 0.3) is 0 Å². The molecule has 1 aromatic rings. The molecule has 0 aromatic heterocycles. The van der Waals surface area contributed by atoms with Crippen LogP contribution in [0.1, 0.15) is 11.1 Å². The van der Waals surface area contributed by atoms with Crippen LogP contribution in [0.2, 0.25) is 0 Å². The van der Waals surface area contributed by atoms with Crippen LogP contribution >= 0.6 is 0 Å². The van der Waals surface area contributed by atoms with Crippen molar-refractivity contribution < 1.29 is 27.5 Å². The van der Waals surface area contributed by atoms with Crippen molar-refractivity contribution in [3.8, 4) is 0 Å². The van der Waals surface area contributed by atoms with Crippen LogP contribution < -0.4 is 5.73 Å². The van der Waals surface area contributed by atoms with Crippen molar-refractivity contribution >= 4 is 17.6 Å². The Morgan fingerprint density at radius 2 is 2.00 bits per heavy atom. The molecule has 8 heteroatoms. The molecule has 0 radical (unpaired) electrons. The van der Waals surface area contributed by atoms with Crippen LogP contribution in [-0.4, -0.2) is 36.1 Å². The number of carbonyl (C=O) groups is 2. The molecule has 0 aliphatic carbocycles. The molecule has 2 N–H and O–H groups in total. The van der Waals surface area contributed by atoms with Gasteiger partial charge in [-0.25, -0.2) is 4.79 Å². The maximum Gasteiger partial charge on any atom is 0.471 e. The van der Waals surface area contributed by atoms with Gasteiger partial charge in [0, 0.05) is 18.7 Å². The lowest BCUT2D eigenvalue weighted by Crippen LogP contribution is -2.53. The lowest BCUT2D eigenvalue weighted by Gasteiger charge is -2.35. The molecule has 0 spiro atoms. The van der Waals surface area contributed by atoms with Crippen LogP contribution in [0.15, 0.2) is 18.2 Å². The van der Waals surface area contributed by atoms with Crippen molar-refractivity contribution in [2.75, 3.05) is 12.8 Å². The summed E-state index contributed by atoms with van der Waals surface area (Å²) in [7, 11) is 1.07. The molecule has 1 heterocycles. The van der Waals surface area contributed by atoms with Gasteiger partial charge in [-0.05, 0) is 23.3 Å². The molecule has 0 bridgehead atoms. The number of nitrogens with two attached hydrogens (primary N) is 1. The molecule has 2 rings (SSSR count). The molecule has 114 valence electrons. The van der Waals surface area contributed by atoms with Gasteiger partial charge in [-0.15, -0.1) is 0 Å². The minimum Gasteiger partial charge on any atom is -0.467 e. The zero-order valence-corrected chi connectivity index (χ0v) is 11.1. The number of benzene rings is 1. The normalized spacial score (nSPS) is 18.1. The fourth-order valence-corrected chi connectivity index (χ4v) is 2.33. The number of nitrogens with zero attached hydrogens (tertiary/aromatic N) is 1. The maximum atomic E-state index is 12.7. The molecule has 1 aromatic carbocycles. The van der Waals surface area contributed by atoms with E-state index in [0.717, 1.165) is 7.11 Å². The number of anilines is 1. The average molecular weight is 302 g/mol. The largest absolute Gasteiger partial charge is 0.471 e. The summed E-state index contributed by atoms with van der Waals surface area (Å²) in [4.78, 5) is 23.7. The standard InChI is InChI=1S/C13H13F3N2O3/c1-21-11(19)10-5-7-2-3-9(17)4-8(7)6-18(10)12(20)13(14,15)16/h2-4,10H,5-6,17H2,1H3. The van der Waals surface area contributed by atoms with Crippen LogP contribution in [0.5, 0.6) is 0 Å². The Balaban J connectivity index is 2.41. The molecule has 21 heavy (non-hydrogen) atoms. The number of amides is 1. The lowest BCUT2D eigenvalue weighted by molar-refractivity contribution is -0.191. The molecule has 0 saturated carbocycles. The first-order valence-electron chi connectivity index (χ1n) is 6.07. The van der Waals surface area contributed by atoms with Crippen molar-refractivity contribution in [2.24, 2.45) is 0 Å². The van der Waals surface area contributed by atoms with Gasteiger partial charge in [0.05, 0.1) is 7.11 Å². The van der Waals surface area contributed by atoms with Crippen molar-refractivity contribution in [1.29, 1.82) is 0 Å². The van der Waals surface area contributed by atoms with Crippen LogP contribution in [0.3, 0.4) is 0 Å². The number of rotatable bonds is 1. The highest BCUT2D eigenvalue weighted by molar-refractivity contribution is 5.88. The van der Waals surface area contributed by atoms with E-state index in [-0.39, 0.29) is 13.0 Å². The summed E-state index contributed by atoms with van der Waals surface area (Å²) in [5, 5.41) is 0. The Labute approximate surface area is 118 Å². The average Bonchev–Trinajstić information content (AvgIpc) is 2.43. The fourth-order valence-electron chi connectivity index (χ4n) is 2.33. The van der Waals surface area contributed by atoms with E-state index in [1.165, 1.54) is 6.07 Å². The third-order valence-electron chi connectivity index (χ3n) is 3.34. The fraction of sp³-hybridized carbons (Fsp3) is 0.385. The minimum atomic E-state index is -5.05. The van der Waals surface area contributed by atoms with Crippen molar-refractivity contribution in [3.05, 3.63) is 29.3 Å². The van der Waals surface area contributed by atoms with E-state index >= 15 is 0 Å². The highest BCUT2D eigenvalue weighted by atomic mass is 19.4.